The van der Waals surface area contributed by atoms with E-state index >= 15 is 0 Å². The number of fused-ring (bicyclic) bond motifs is 1. The standard InChI is InChI=1S/C23H20N2O4/c1-27-17-10-7-15(8-11-17)22-21(16-9-12-18(28-2)19(14-16)29-3)23(26)25-13-5-4-6-20(25)24-22/h4-14H,1-3H3. The first-order chi connectivity index (χ1) is 14.2. The van der Waals surface area contributed by atoms with Crippen molar-refractivity contribution in [3.8, 4) is 39.6 Å². The van der Waals surface area contributed by atoms with Crippen LogP contribution >= 0.6 is 0 Å². The molecule has 2 heterocycles. The van der Waals surface area contributed by atoms with E-state index in [2.05, 4.69) is 0 Å². The maximum atomic E-state index is 13.4. The number of hydrogen-bond donors (Lipinski definition) is 0. The van der Waals surface area contributed by atoms with Gasteiger partial charge in [-0.15, -0.1) is 0 Å². The monoisotopic (exact) mass is 388 g/mol. The fraction of sp³-hybridized carbons (Fsp3) is 0.130. The Hall–Kier alpha value is -3.80. The molecule has 4 rings (SSSR count). The van der Waals surface area contributed by atoms with Gasteiger partial charge < -0.3 is 14.2 Å². The summed E-state index contributed by atoms with van der Waals surface area (Å²) in [7, 11) is 4.76. The highest BCUT2D eigenvalue weighted by atomic mass is 16.5. The Bertz CT molecular complexity index is 1230. The molecule has 0 spiro atoms. The summed E-state index contributed by atoms with van der Waals surface area (Å²) in [5.74, 6) is 1.87. The Labute approximate surface area is 167 Å². The van der Waals surface area contributed by atoms with Crippen LogP contribution in [0.5, 0.6) is 17.2 Å². The lowest BCUT2D eigenvalue weighted by Gasteiger charge is -2.14. The second kappa shape index (κ2) is 7.67. The second-order valence-electron chi connectivity index (χ2n) is 6.37. The van der Waals surface area contributed by atoms with Crippen molar-refractivity contribution in [2.45, 2.75) is 0 Å². The lowest BCUT2D eigenvalue weighted by atomic mass is 9.99. The van der Waals surface area contributed by atoms with E-state index in [1.54, 1.807) is 44.1 Å². The van der Waals surface area contributed by atoms with Crippen molar-refractivity contribution < 1.29 is 14.2 Å². The van der Waals surface area contributed by atoms with Crippen molar-refractivity contribution in [3.05, 3.63) is 77.2 Å². The van der Waals surface area contributed by atoms with E-state index in [1.165, 1.54) is 0 Å². The Morgan fingerprint density at radius 1 is 0.793 bits per heavy atom. The third kappa shape index (κ3) is 3.29. The molecule has 0 amide bonds. The summed E-state index contributed by atoms with van der Waals surface area (Å²) < 4.78 is 17.6. The maximum Gasteiger partial charge on any atom is 0.266 e. The normalized spacial score (nSPS) is 10.7. The topological polar surface area (TPSA) is 62.1 Å². The van der Waals surface area contributed by atoms with Crippen molar-refractivity contribution in [2.75, 3.05) is 21.3 Å². The number of pyridine rings is 1. The minimum Gasteiger partial charge on any atom is -0.497 e. The fourth-order valence-electron chi connectivity index (χ4n) is 3.30. The number of rotatable bonds is 5. The number of hydrogen-bond acceptors (Lipinski definition) is 5. The van der Waals surface area contributed by atoms with Gasteiger partial charge in [0.25, 0.3) is 5.56 Å². The van der Waals surface area contributed by atoms with Crippen LogP contribution in [0.4, 0.5) is 0 Å². The summed E-state index contributed by atoms with van der Waals surface area (Å²) in [6.45, 7) is 0. The highest BCUT2D eigenvalue weighted by Crippen LogP contribution is 2.35. The Morgan fingerprint density at radius 3 is 2.21 bits per heavy atom. The molecule has 0 saturated carbocycles. The summed E-state index contributed by atoms with van der Waals surface area (Å²) in [5, 5.41) is 0. The van der Waals surface area contributed by atoms with Crippen molar-refractivity contribution in [1.29, 1.82) is 0 Å². The first kappa shape index (κ1) is 18.6. The van der Waals surface area contributed by atoms with E-state index in [9.17, 15) is 4.79 Å². The van der Waals surface area contributed by atoms with E-state index in [4.69, 9.17) is 19.2 Å². The van der Waals surface area contributed by atoms with Gasteiger partial charge in [0.15, 0.2) is 11.5 Å². The average Bonchev–Trinajstić information content (AvgIpc) is 2.78. The Balaban J connectivity index is 2.03. The zero-order valence-electron chi connectivity index (χ0n) is 16.4. The molecule has 146 valence electrons. The average molecular weight is 388 g/mol. The summed E-state index contributed by atoms with van der Waals surface area (Å²) in [5.41, 5.74) is 3.01. The van der Waals surface area contributed by atoms with Crippen LogP contribution in [0, 0.1) is 0 Å². The molecule has 0 aliphatic heterocycles. The third-order valence-corrected chi connectivity index (χ3v) is 4.77. The van der Waals surface area contributed by atoms with E-state index in [0.717, 1.165) is 11.3 Å². The van der Waals surface area contributed by atoms with Crippen molar-refractivity contribution >= 4 is 5.65 Å². The number of methoxy groups -OCH3 is 3. The van der Waals surface area contributed by atoms with Gasteiger partial charge in [-0.05, 0) is 54.1 Å². The molecule has 0 saturated heterocycles. The van der Waals surface area contributed by atoms with Crippen LogP contribution in [0.2, 0.25) is 0 Å². The summed E-state index contributed by atoms with van der Waals surface area (Å²) >= 11 is 0. The molecular formula is C23H20N2O4. The van der Waals surface area contributed by atoms with Crippen LogP contribution in [-0.4, -0.2) is 30.7 Å². The molecule has 0 bridgehead atoms. The second-order valence-corrected chi connectivity index (χ2v) is 6.37. The molecule has 4 aromatic rings. The van der Waals surface area contributed by atoms with Gasteiger partial charge in [-0.1, -0.05) is 12.1 Å². The van der Waals surface area contributed by atoms with Gasteiger partial charge in [0.05, 0.1) is 32.6 Å². The first-order valence-corrected chi connectivity index (χ1v) is 9.04. The lowest BCUT2D eigenvalue weighted by Crippen LogP contribution is -2.18. The van der Waals surface area contributed by atoms with Crippen LogP contribution in [0.25, 0.3) is 28.0 Å². The van der Waals surface area contributed by atoms with Crippen molar-refractivity contribution in [1.82, 2.24) is 9.38 Å². The van der Waals surface area contributed by atoms with Crippen LogP contribution in [0.3, 0.4) is 0 Å². The maximum absolute atomic E-state index is 13.4. The number of benzene rings is 2. The quantitative estimate of drug-likeness (QED) is 0.516. The molecule has 0 radical (unpaired) electrons. The zero-order chi connectivity index (χ0) is 20.4. The fourth-order valence-corrected chi connectivity index (χ4v) is 3.30. The molecule has 6 heteroatoms. The van der Waals surface area contributed by atoms with Crippen LogP contribution < -0.4 is 19.8 Å². The summed E-state index contributed by atoms with van der Waals surface area (Å²) in [6.07, 6.45) is 1.72. The van der Waals surface area contributed by atoms with Crippen molar-refractivity contribution in [2.24, 2.45) is 0 Å². The predicted molar refractivity (Wildman–Crippen MR) is 112 cm³/mol. The largest absolute Gasteiger partial charge is 0.497 e. The molecule has 2 aromatic heterocycles. The molecule has 0 aliphatic carbocycles. The van der Waals surface area contributed by atoms with Gasteiger partial charge >= 0.3 is 0 Å². The van der Waals surface area contributed by atoms with Crippen molar-refractivity contribution in [3.63, 3.8) is 0 Å². The van der Waals surface area contributed by atoms with E-state index in [0.29, 0.717) is 34.0 Å². The third-order valence-electron chi connectivity index (χ3n) is 4.77. The highest BCUT2D eigenvalue weighted by molar-refractivity contribution is 5.82. The number of ether oxygens (including phenoxy) is 3. The van der Waals surface area contributed by atoms with Crippen LogP contribution in [0.1, 0.15) is 0 Å². The van der Waals surface area contributed by atoms with Gasteiger partial charge in [0.2, 0.25) is 0 Å². The lowest BCUT2D eigenvalue weighted by molar-refractivity contribution is 0.355. The van der Waals surface area contributed by atoms with Gasteiger partial charge in [-0.2, -0.15) is 0 Å². The first-order valence-electron chi connectivity index (χ1n) is 9.04. The van der Waals surface area contributed by atoms with Crippen LogP contribution in [-0.2, 0) is 0 Å². The Kier molecular flexibility index (Phi) is 4.91. The smallest absolute Gasteiger partial charge is 0.266 e. The van der Waals surface area contributed by atoms with E-state index in [1.807, 2.05) is 48.5 Å². The minimum absolute atomic E-state index is 0.159. The highest BCUT2D eigenvalue weighted by Gasteiger charge is 2.18. The molecule has 29 heavy (non-hydrogen) atoms. The molecule has 0 unspecified atom stereocenters. The van der Waals surface area contributed by atoms with Gasteiger partial charge in [0.1, 0.15) is 11.4 Å². The number of aromatic nitrogens is 2. The SMILES string of the molecule is COc1ccc(-c2nc3ccccn3c(=O)c2-c2ccc(OC)c(OC)c2)cc1. The summed E-state index contributed by atoms with van der Waals surface area (Å²) in [6, 6.07) is 18.4. The Morgan fingerprint density at radius 2 is 1.52 bits per heavy atom. The molecular weight excluding hydrogens is 368 g/mol. The van der Waals surface area contributed by atoms with E-state index in [-0.39, 0.29) is 5.56 Å². The predicted octanol–water partition coefficient (Wildman–Crippen LogP) is 4.05. The molecule has 0 N–H and O–H groups in total. The zero-order valence-corrected chi connectivity index (χ0v) is 16.4. The molecule has 6 nitrogen and oxygen atoms in total. The summed E-state index contributed by atoms with van der Waals surface area (Å²) in [4.78, 5) is 18.2. The number of nitrogens with zero attached hydrogens (tertiary/aromatic N) is 2. The minimum atomic E-state index is -0.159. The van der Waals surface area contributed by atoms with E-state index < -0.39 is 0 Å². The molecule has 2 aromatic carbocycles. The van der Waals surface area contributed by atoms with Gasteiger partial charge in [0, 0.05) is 11.8 Å². The molecule has 0 fully saturated rings. The van der Waals surface area contributed by atoms with Crippen LogP contribution in [0.15, 0.2) is 71.7 Å². The van der Waals surface area contributed by atoms with Gasteiger partial charge in [-0.25, -0.2) is 4.98 Å². The molecule has 0 atom stereocenters. The molecule has 0 aliphatic rings. The van der Waals surface area contributed by atoms with Gasteiger partial charge in [-0.3, -0.25) is 9.20 Å².